The predicted octanol–water partition coefficient (Wildman–Crippen LogP) is 20.8. The summed E-state index contributed by atoms with van der Waals surface area (Å²) in [6.07, 6.45) is 7.78. The third-order valence-electron chi connectivity index (χ3n) is 16.5. The van der Waals surface area contributed by atoms with E-state index in [4.69, 9.17) is 16.6 Å². The minimum absolute atomic E-state index is 0.223. The van der Waals surface area contributed by atoms with E-state index in [2.05, 4.69) is 286 Å². The molecule has 384 valence electrons. The standard InChI is InChI=1S/C75H58N4S/c1-48-31-33-51(34-32-48)49(2)76-74(77-50(3)59-26-18-27-63-62-25-14-17-30-72(62)80-73(59)63)79-70-44-39-56(45-65(70)66-46-64-61-24-12-15-28-67(61)75(4,5)68(64)47-71(66)79)54-37-42-58(43-38-54)78(57-40-35-53(36-41-57)52-19-8-6-9-20-52)69-29-16-13-23-60(69)55-21-10-7-11-22-55/h6-31,33-48H,3,32H2,1-2,4-5H3/b76-49+,77-74?. The molecule has 0 radical (unpaired) electrons. The zero-order valence-electron chi connectivity index (χ0n) is 45.4. The molecule has 2 aromatic heterocycles. The number of fused-ring (bicyclic) bond motifs is 9. The lowest BCUT2D eigenvalue weighted by atomic mass is 9.82. The summed E-state index contributed by atoms with van der Waals surface area (Å²) in [5.74, 6) is 1.06. The molecule has 2 heterocycles. The third-order valence-corrected chi connectivity index (χ3v) is 17.8. The summed E-state index contributed by atoms with van der Waals surface area (Å²) in [5, 5.41) is 4.74. The first kappa shape index (κ1) is 48.9. The number of hydrogen-bond acceptors (Lipinski definition) is 3. The number of aromatic nitrogens is 1. The monoisotopic (exact) mass is 1050 g/mol. The van der Waals surface area contributed by atoms with E-state index in [0.29, 0.717) is 17.6 Å². The van der Waals surface area contributed by atoms with Crippen molar-refractivity contribution in [2.45, 2.75) is 39.5 Å². The van der Waals surface area contributed by atoms with Crippen molar-refractivity contribution >= 4 is 87.7 Å². The van der Waals surface area contributed by atoms with Crippen molar-refractivity contribution in [3.63, 3.8) is 0 Å². The van der Waals surface area contributed by atoms with E-state index in [0.717, 1.165) is 78.8 Å². The van der Waals surface area contributed by atoms with Crippen LogP contribution in [0.25, 0.3) is 92.2 Å². The fraction of sp³-hybridized carbons (Fsp3) is 0.0933. The van der Waals surface area contributed by atoms with E-state index >= 15 is 0 Å². The van der Waals surface area contributed by atoms with Gasteiger partial charge in [-0.25, -0.2) is 9.98 Å². The summed E-state index contributed by atoms with van der Waals surface area (Å²) in [6.45, 7) is 13.8. The third kappa shape index (κ3) is 8.45. The molecule has 2 aliphatic rings. The van der Waals surface area contributed by atoms with Crippen molar-refractivity contribution < 1.29 is 0 Å². The smallest absolute Gasteiger partial charge is 0.235 e. The van der Waals surface area contributed by atoms with Gasteiger partial charge in [0.25, 0.3) is 0 Å². The van der Waals surface area contributed by atoms with Gasteiger partial charge in [0.05, 0.1) is 22.4 Å². The number of thiophene rings is 1. The van der Waals surface area contributed by atoms with E-state index in [1.165, 1.54) is 59.1 Å². The van der Waals surface area contributed by atoms with Crippen LogP contribution in [0.4, 0.5) is 17.1 Å². The minimum atomic E-state index is -0.223. The van der Waals surface area contributed by atoms with E-state index in [1.54, 1.807) is 11.3 Å². The number of allylic oxidation sites excluding steroid dienone is 4. The normalized spacial score (nSPS) is 14.9. The molecule has 0 saturated carbocycles. The van der Waals surface area contributed by atoms with Gasteiger partial charge in [0.1, 0.15) is 0 Å². The van der Waals surface area contributed by atoms with Crippen LogP contribution in [-0.4, -0.2) is 16.2 Å². The minimum Gasteiger partial charge on any atom is -0.310 e. The Morgan fingerprint density at radius 1 is 0.537 bits per heavy atom. The summed E-state index contributed by atoms with van der Waals surface area (Å²) < 4.78 is 4.72. The number of rotatable bonds is 9. The number of hydrogen-bond donors (Lipinski definition) is 0. The highest BCUT2D eigenvalue weighted by molar-refractivity contribution is 7.26. The number of benzene rings is 10. The van der Waals surface area contributed by atoms with Crippen LogP contribution in [0.1, 0.15) is 50.8 Å². The Morgan fingerprint density at radius 3 is 1.89 bits per heavy atom. The second-order valence-corrected chi connectivity index (χ2v) is 23.0. The second kappa shape index (κ2) is 19.8. The molecule has 1 atom stereocenters. The maximum Gasteiger partial charge on any atom is 0.235 e. The van der Waals surface area contributed by atoms with E-state index in [1.807, 2.05) is 0 Å². The van der Waals surface area contributed by atoms with Gasteiger partial charge in [-0.15, -0.1) is 11.3 Å². The van der Waals surface area contributed by atoms with E-state index < -0.39 is 0 Å². The first-order valence-corrected chi connectivity index (χ1v) is 28.5. The fourth-order valence-electron chi connectivity index (χ4n) is 12.3. The van der Waals surface area contributed by atoms with Crippen LogP contribution < -0.4 is 4.90 Å². The maximum atomic E-state index is 5.58. The summed E-state index contributed by atoms with van der Waals surface area (Å²) in [7, 11) is 0. The highest BCUT2D eigenvalue weighted by Gasteiger charge is 2.36. The predicted molar refractivity (Wildman–Crippen MR) is 343 cm³/mol. The largest absolute Gasteiger partial charge is 0.310 e. The topological polar surface area (TPSA) is 32.9 Å². The summed E-state index contributed by atoms with van der Waals surface area (Å²) in [6, 6.07) is 83.8. The van der Waals surface area contributed by atoms with Gasteiger partial charge < -0.3 is 4.90 Å². The Morgan fingerprint density at radius 2 is 1.15 bits per heavy atom. The van der Waals surface area contributed by atoms with Gasteiger partial charge in [-0.2, -0.15) is 0 Å². The quantitative estimate of drug-likeness (QED) is 0.105. The summed E-state index contributed by atoms with van der Waals surface area (Å²) in [5.41, 5.74) is 21.0. The maximum absolute atomic E-state index is 5.58. The zero-order chi connectivity index (χ0) is 54.1. The molecule has 0 fully saturated rings. The van der Waals surface area contributed by atoms with Crippen molar-refractivity contribution in [2.75, 3.05) is 4.90 Å². The van der Waals surface area contributed by atoms with Gasteiger partial charge in [-0.05, 0) is 136 Å². The molecule has 14 rings (SSSR count). The summed E-state index contributed by atoms with van der Waals surface area (Å²) >= 11 is 1.80. The SMILES string of the molecule is C=C(N=C(/N=C(\C)C1=CCC(C)C=C1)n1c2ccc(-c3ccc(N(c4ccc(-c5ccccc5)cc4)c4ccccc4-c4ccccc4)cc3)cc2c2cc3c(cc21)C(C)(C)c1ccccc1-3)c1cccc2c1sc1ccccc12. The van der Waals surface area contributed by atoms with Crippen LogP contribution in [0.5, 0.6) is 0 Å². The van der Waals surface area contributed by atoms with Crippen LogP contribution in [0, 0.1) is 5.92 Å². The van der Waals surface area contributed by atoms with Crippen LogP contribution in [-0.2, 0) is 5.41 Å². The second-order valence-electron chi connectivity index (χ2n) is 21.9. The number of para-hydroxylation sites is 1. The molecular formula is C75H58N4S. The molecule has 12 aromatic rings. The van der Waals surface area contributed by atoms with Crippen LogP contribution in [0.15, 0.2) is 271 Å². The molecule has 0 amide bonds. The Kier molecular flexibility index (Phi) is 12.1. The zero-order valence-corrected chi connectivity index (χ0v) is 46.2. The van der Waals surface area contributed by atoms with E-state index in [-0.39, 0.29) is 5.41 Å². The number of anilines is 3. The average Bonchev–Trinajstić information content (AvgIpc) is 3.83. The van der Waals surface area contributed by atoms with Crippen LogP contribution in [0.2, 0.25) is 0 Å². The highest BCUT2D eigenvalue weighted by atomic mass is 32.1. The van der Waals surface area contributed by atoms with Crippen molar-refractivity contribution in [1.29, 1.82) is 0 Å². The van der Waals surface area contributed by atoms with Crippen molar-refractivity contribution in [1.82, 2.24) is 4.57 Å². The molecule has 10 aromatic carbocycles. The molecule has 0 bridgehead atoms. The Labute approximate surface area is 472 Å². The first-order chi connectivity index (χ1) is 39.2. The molecule has 1 unspecified atom stereocenters. The number of nitrogens with zero attached hydrogens (tertiary/aromatic N) is 4. The van der Waals surface area contributed by atoms with Gasteiger partial charge in [-0.3, -0.25) is 4.57 Å². The molecule has 0 aliphatic heterocycles. The summed E-state index contributed by atoms with van der Waals surface area (Å²) in [4.78, 5) is 13.5. The van der Waals surface area contributed by atoms with E-state index in [9.17, 15) is 0 Å². The lowest BCUT2D eigenvalue weighted by Crippen LogP contribution is -2.16. The van der Waals surface area contributed by atoms with Crippen LogP contribution >= 0.6 is 11.3 Å². The van der Waals surface area contributed by atoms with Crippen molar-refractivity contribution in [3.8, 4) is 44.5 Å². The lowest BCUT2D eigenvalue weighted by molar-refractivity contribution is 0.661. The number of aliphatic imine (C=N–C) groups is 2. The molecule has 0 N–H and O–H groups in total. The van der Waals surface area contributed by atoms with Crippen molar-refractivity contribution in [2.24, 2.45) is 15.9 Å². The highest BCUT2D eigenvalue weighted by Crippen LogP contribution is 2.51. The molecule has 0 spiro atoms. The Hall–Kier alpha value is -9.42. The lowest BCUT2D eigenvalue weighted by Gasteiger charge is -2.28. The molecule has 5 heteroatoms. The van der Waals surface area contributed by atoms with Crippen molar-refractivity contribution in [3.05, 3.63) is 278 Å². The fourth-order valence-corrected chi connectivity index (χ4v) is 13.5. The average molecular weight is 1050 g/mol. The molecule has 2 aliphatic carbocycles. The first-order valence-electron chi connectivity index (χ1n) is 27.7. The molecule has 0 saturated heterocycles. The molecular weight excluding hydrogens is 989 g/mol. The van der Waals surface area contributed by atoms with Gasteiger partial charge in [0.15, 0.2) is 0 Å². The molecule has 4 nitrogen and oxygen atoms in total. The van der Waals surface area contributed by atoms with Gasteiger partial charge in [-0.1, -0.05) is 215 Å². The van der Waals surface area contributed by atoms with Crippen LogP contribution in [0.3, 0.4) is 0 Å². The van der Waals surface area contributed by atoms with Gasteiger partial charge in [0.2, 0.25) is 5.96 Å². The Balaban J connectivity index is 0.941. The Bertz CT molecular complexity index is 4550. The van der Waals surface area contributed by atoms with Gasteiger partial charge >= 0.3 is 0 Å². The van der Waals surface area contributed by atoms with Gasteiger partial charge in [0, 0.05) is 64.6 Å². The molecule has 80 heavy (non-hydrogen) atoms.